The molecule has 0 aromatic carbocycles. The molecule has 3 aromatic heterocycles. The maximum atomic E-state index is 12.7. The average Bonchev–Trinajstić information content (AvgIpc) is 3.22. The Hall–Kier alpha value is -3.14. The molecule has 0 saturated heterocycles. The monoisotopic (exact) mass is 358 g/mol. The maximum Gasteiger partial charge on any atom is 0.330 e. The zero-order chi connectivity index (χ0) is 18.3. The van der Waals surface area contributed by atoms with Crippen LogP contribution in [0.5, 0.6) is 0 Å². The van der Waals surface area contributed by atoms with Crippen LogP contribution in [0.1, 0.15) is 29.4 Å². The van der Waals surface area contributed by atoms with Crippen LogP contribution in [-0.2, 0) is 6.54 Å². The minimum Gasteiger partial charge on any atom is -0.461 e. The topological polar surface area (TPSA) is 141 Å². The van der Waals surface area contributed by atoms with Gasteiger partial charge in [0.1, 0.15) is 5.52 Å². The van der Waals surface area contributed by atoms with Gasteiger partial charge >= 0.3 is 5.69 Å². The summed E-state index contributed by atoms with van der Waals surface area (Å²) in [4.78, 5) is 33.3. The molecule has 1 aliphatic rings. The second kappa shape index (κ2) is 6.30. The number of nitrogen functional groups attached to an aromatic ring is 1. The van der Waals surface area contributed by atoms with Crippen LogP contribution < -0.4 is 16.7 Å². The number of aliphatic hydroxyl groups excluding tert-OH is 1. The molecule has 0 radical (unpaired) electrons. The molecule has 0 unspecified atom stereocenters. The lowest BCUT2D eigenvalue weighted by atomic mass is 10.3. The average molecular weight is 358 g/mol. The van der Waals surface area contributed by atoms with Crippen molar-refractivity contribution in [2.45, 2.75) is 25.4 Å². The second-order valence-corrected chi connectivity index (χ2v) is 6.12. The van der Waals surface area contributed by atoms with Crippen molar-refractivity contribution in [2.24, 2.45) is 0 Å². The van der Waals surface area contributed by atoms with Crippen LogP contribution in [0, 0.1) is 0 Å². The highest BCUT2D eigenvalue weighted by molar-refractivity contribution is 5.97. The summed E-state index contributed by atoms with van der Waals surface area (Å²) in [5.74, 6) is 0.266. The highest BCUT2D eigenvalue weighted by atomic mass is 16.3. The first-order valence-electron chi connectivity index (χ1n) is 8.30. The van der Waals surface area contributed by atoms with E-state index in [-0.39, 0.29) is 48.9 Å². The van der Waals surface area contributed by atoms with E-state index in [2.05, 4.69) is 15.3 Å². The number of furan rings is 1. The number of fused-ring (bicyclic) bond motifs is 1. The van der Waals surface area contributed by atoms with E-state index in [9.17, 15) is 14.7 Å². The van der Waals surface area contributed by atoms with Crippen molar-refractivity contribution < 1.29 is 14.3 Å². The van der Waals surface area contributed by atoms with E-state index in [1.807, 2.05) is 0 Å². The fraction of sp³-hybridized carbons (Fsp3) is 0.375. The molecule has 3 aromatic rings. The summed E-state index contributed by atoms with van der Waals surface area (Å²) < 4.78 is 8.08. The number of nitrogens with one attached hydrogen (secondary N) is 1. The number of aliphatic hydroxyl groups is 1. The van der Waals surface area contributed by atoms with E-state index in [0.717, 1.165) is 12.8 Å². The Balaban J connectivity index is 1.77. The Morgan fingerprint density at radius 3 is 2.88 bits per heavy atom. The van der Waals surface area contributed by atoms with Gasteiger partial charge in [-0.05, 0) is 25.0 Å². The Labute approximate surface area is 147 Å². The van der Waals surface area contributed by atoms with Gasteiger partial charge in [-0.2, -0.15) is 9.97 Å². The summed E-state index contributed by atoms with van der Waals surface area (Å²) in [7, 11) is 0. The predicted molar refractivity (Wildman–Crippen MR) is 93.1 cm³/mol. The van der Waals surface area contributed by atoms with Crippen LogP contribution in [0.4, 0.5) is 11.8 Å². The number of carbonyl (C=O) groups excluding carboxylic acids is 1. The van der Waals surface area contributed by atoms with Gasteiger partial charge < -0.3 is 20.6 Å². The zero-order valence-electron chi connectivity index (χ0n) is 13.9. The van der Waals surface area contributed by atoms with Crippen LogP contribution in [0.2, 0.25) is 0 Å². The van der Waals surface area contributed by atoms with Crippen LogP contribution in [0.15, 0.2) is 27.6 Å². The van der Waals surface area contributed by atoms with E-state index in [4.69, 9.17) is 10.2 Å². The Kier molecular flexibility index (Phi) is 3.96. The molecule has 0 bridgehead atoms. The summed E-state index contributed by atoms with van der Waals surface area (Å²) in [5.41, 5.74) is 6.36. The SMILES string of the molecule is Nc1nc(NCC(=O)c2ccco2)c2c(n1)n(CCO)c(=O)n2C1CC1. The molecule has 0 amide bonds. The number of nitrogens with two attached hydrogens (primary N) is 1. The normalized spacial score (nSPS) is 14.0. The van der Waals surface area contributed by atoms with Crippen LogP contribution in [-0.4, -0.2) is 43.1 Å². The first-order chi connectivity index (χ1) is 12.6. The van der Waals surface area contributed by atoms with Gasteiger partial charge in [0.05, 0.1) is 26.0 Å². The summed E-state index contributed by atoms with van der Waals surface area (Å²) in [6.45, 7) is -0.160. The molecule has 1 saturated carbocycles. The molecule has 0 aliphatic heterocycles. The van der Waals surface area contributed by atoms with Crippen molar-refractivity contribution in [2.75, 3.05) is 24.2 Å². The number of carbonyl (C=O) groups is 1. The third-order valence-corrected chi connectivity index (χ3v) is 4.26. The van der Waals surface area contributed by atoms with Gasteiger partial charge in [0.25, 0.3) is 0 Å². The van der Waals surface area contributed by atoms with Crippen molar-refractivity contribution in [3.05, 3.63) is 34.6 Å². The number of anilines is 2. The number of nitrogens with zero attached hydrogens (tertiary/aromatic N) is 4. The molecule has 0 atom stereocenters. The number of imidazole rings is 1. The lowest BCUT2D eigenvalue weighted by molar-refractivity contribution is 0.0980. The number of aromatic nitrogens is 4. The van der Waals surface area contributed by atoms with Gasteiger partial charge in [-0.15, -0.1) is 0 Å². The van der Waals surface area contributed by atoms with Gasteiger partial charge in [0, 0.05) is 6.04 Å². The molecule has 26 heavy (non-hydrogen) atoms. The summed E-state index contributed by atoms with van der Waals surface area (Å²) in [5, 5.41) is 12.2. The van der Waals surface area contributed by atoms with Gasteiger partial charge in [-0.1, -0.05) is 0 Å². The van der Waals surface area contributed by atoms with Crippen LogP contribution in [0.3, 0.4) is 0 Å². The zero-order valence-corrected chi connectivity index (χ0v) is 13.9. The summed E-state index contributed by atoms with van der Waals surface area (Å²) in [6, 6.07) is 3.28. The molecule has 0 spiro atoms. The standard InChI is InChI=1S/C16H18N6O4/c17-15-19-13(18-8-10(24)11-2-1-7-26-11)12-14(20-15)21(5-6-23)16(25)22(12)9-3-4-9/h1-2,7,9,23H,3-6,8H2,(H3,17,18,19,20). The van der Waals surface area contributed by atoms with Crippen molar-refractivity contribution in [1.29, 1.82) is 0 Å². The first-order valence-corrected chi connectivity index (χ1v) is 8.30. The lowest BCUT2D eigenvalue weighted by Crippen LogP contribution is -2.25. The third-order valence-electron chi connectivity index (χ3n) is 4.26. The molecule has 3 heterocycles. The molecule has 4 rings (SSSR count). The molecule has 10 heteroatoms. The van der Waals surface area contributed by atoms with Gasteiger partial charge in [-0.25, -0.2) is 4.79 Å². The number of hydrogen-bond donors (Lipinski definition) is 3. The van der Waals surface area contributed by atoms with Crippen molar-refractivity contribution in [3.8, 4) is 0 Å². The van der Waals surface area contributed by atoms with Crippen molar-refractivity contribution in [3.63, 3.8) is 0 Å². The van der Waals surface area contributed by atoms with Crippen LogP contribution >= 0.6 is 0 Å². The highest BCUT2D eigenvalue weighted by Crippen LogP contribution is 2.37. The minimum absolute atomic E-state index is 0.0231. The molecule has 1 aliphatic carbocycles. The summed E-state index contributed by atoms with van der Waals surface area (Å²) in [6.07, 6.45) is 3.19. The van der Waals surface area contributed by atoms with Gasteiger partial charge in [0.2, 0.25) is 11.7 Å². The van der Waals surface area contributed by atoms with Crippen molar-refractivity contribution in [1.82, 2.24) is 19.1 Å². The minimum atomic E-state index is -0.267. The van der Waals surface area contributed by atoms with Gasteiger partial charge in [-0.3, -0.25) is 13.9 Å². The Morgan fingerprint density at radius 1 is 1.42 bits per heavy atom. The van der Waals surface area contributed by atoms with E-state index < -0.39 is 0 Å². The lowest BCUT2D eigenvalue weighted by Gasteiger charge is -2.08. The van der Waals surface area contributed by atoms with E-state index in [1.54, 1.807) is 16.7 Å². The number of Topliss-reactive ketones (excluding diaryl/α,β-unsaturated/α-hetero) is 1. The van der Waals surface area contributed by atoms with E-state index >= 15 is 0 Å². The van der Waals surface area contributed by atoms with Crippen LogP contribution in [0.25, 0.3) is 11.2 Å². The van der Waals surface area contributed by atoms with E-state index in [0.29, 0.717) is 17.0 Å². The largest absolute Gasteiger partial charge is 0.461 e. The quantitative estimate of drug-likeness (QED) is 0.515. The molecular formula is C16H18N6O4. The number of ketones is 1. The molecular weight excluding hydrogens is 340 g/mol. The number of rotatable bonds is 7. The molecule has 4 N–H and O–H groups in total. The molecule has 1 fully saturated rings. The number of hydrogen-bond acceptors (Lipinski definition) is 8. The summed E-state index contributed by atoms with van der Waals surface area (Å²) >= 11 is 0. The Morgan fingerprint density at radius 2 is 2.23 bits per heavy atom. The smallest absolute Gasteiger partial charge is 0.330 e. The maximum absolute atomic E-state index is 12.7. The van der Waals surface area contributed by atoms with Crippen molar-refractivity contribution >= 4 is 28.7 Å². The highest BCUT2D eigenvalue weighted by Gasteiger charge is 2.31. The molecule has 10 nitrogen and oxygen atoms in total. The fourth-order valence-corrected chi connectivity index (χ4v) is 2.97. The molecule has 136 valence electrons. The fourth-order valence-electron chi connectivity index (χ4n) is 2.97. The second-order valence-electron chi connectivity index (χ2n) is 6.12. The Bertz CT molecular complexity index is 1020. The first kappa shape index (κ1) is 16.3. The third kappa shape index (κ3) is 2.73. The van der Waals surface area contributed by atoms with E-state index in [1.165, 1.54) is 10.8 Å². The predicted octanol–water partition coefficient (Wildman–Crippen LogP) is 0.390. The van der Waals surface area contributed by atoms with Gasteiger partial charge in [0.15, 0.2) is 17.2 Å².